The molecule has 0 unspecified atom stereocenters. The first-order valence-corrected chi connectivity index (χ1v) is 5.43. The molecule has 0 bridgehead atoms. The molecule has 5 nitrogen and oxygen atoms in total. The number of aromatic nitrogens is 1. The SMILES string of the molecule is Nc1cccnc1Nc1ccc(CC(=O)O)cc1. The van der Waals surface area contributed by atoms with Gasteiger partial charge in [0.1, 0.15) is 0 Å². The number of rotatable bonds is 4. The maximum atomic E-state index is 10.5. The summed E-state index contributed by atoms with van der Waals surface area (Å²) >= 11 is 0. The van der Waals surface area contributed by atoms with E-state index in [1.807, 2.05) is 0 Å². The van der Waals surface area contributed by atoms with Crippen LogP contribution in [-0.4, -0.2) is 16.1 Å². The number of carbonyl (C=O) groups is 1. The number of aliphatic carboxylic acids is 1. The zero-order valence-electron chi connectivity index (χ0n) is 9.63. The highest BCUT2D eigenvalue weighted by atomic mass is 16.4. The van der Waals surface area contributed by atoms with E-state index in [0.29, 0.717) is 11.5 Å². The third kappa shape index (κ3) is 2.98. The monoisotopic (exact) mass is 243 g/mol. The summed E-state index contributed by atoms with van der Waals surface area (Å²) in [6.45, 7) is 0. The Morgan fingerprint density at radius 2 is 2.00 bits per heavy atom. The van der Waals surface area contributed by atoms with E-state index in [1.54, 1.807) is 42.6 Å². The number of carboxylic acids is 1. The van der Waals surface area contributed by atoms with Gasteiger partial charge in [0.05, 0.1) is 12.1 Å². The molecule has 0 aliphatic carbocycles. The standard InChI is InChI=1S/C13H13N3O2/c14-11-2-1-7-15-13(11)16-10-5-3-9(4-6-10)8-12(17)18/h1-7H,8,14H2,(H,15,16)(H,17,18). The zero-order valence-corrected chi connectivity index (χ0v) is 9.63. The summed E-state index contributed by atoms with van der Waals surface area (Å²) in [6.07, 6.45) is 1.67. The summed E-state index contributed by atoms with van der Waals surface area (Å²) in [4.78, 5) is 14.7. The van der Waals surface area contributed by atoms with Crippen LogP contribution in [0.5, 0.6) is 0 Å². The molecule has 1 aromatic heterocycles. The van der Waals surface area contributed by atoms with Gasteiger partial charge in [-0.25, -0.2) is 4.98 Å². The van der Waals surface area contributed by atoms with Gasteiger partial charge in [-0.3, -0.25) is 4.79 Å². The number of benzene rings is 1. The van der Waals surface area contributed by atoms with Gasteiger partial charge in [0.2, 0.25) is 0 Å². The fourth-order valence-electron chi connectivity index (χ4n) is 1.54. The van der Waals surface area contributed by atoms with Gasteiger partial charge in [-0.15, -0.1) is 0 Å². The van der Waals surface area contributed by atoms with Crippen molar-refractivity contribution in [3.8, 4) is 0 Å². The number of anilines is 3. The van der Waals surface area contributed by atoms with E-state index >= 15 is 0 Å². The molecule has 0 aliphatic heterocycles. The largest absolute Gasteiger partial charge is 0.481 e. The van der Waals surface area contributed by atoms with Crippen LogP contribution in [0, 0.1) is 0 Å². The Bertz CT molecular complexity index is 552. The van der Waals surface area contributed by atoms with Crippen molar-refractivity contribution in [3.63, 3.8) is 0 Å². The third-order valence-electron chi connectivity index (χ3n) is 2.41. The van der Waals surface area contributed by atoms with Gasteiger partial charge in [-0.2, -0.15) is 0 Å². The van der Waals surface area contributed by atoms with Gasteiger partial charge < -0.3 is 16.2 Å². The van der Waals surface area contributed by atoms with Crippen molar-refractivity contribution in [2.24, 2.45) is 0 Å². The average molecular weight is 243 g/mol. The van der Waals surface area contributed by atoms with Gasteiger partial charge in [0.25, 0.3) is 0 Å². The number of hydrogen-bond donors (Lipinski definition) is 3. The Balaban J connectivity index is 2.11. The zero-order chi connectivity index (χ0) is 13.0. The molecule has 0 amide bonds. The molecule has 2 rings (SSSR count). The molecule has 1 aromatic carbocycles. The first kappa shape index (κ1) is 11.9. The summed E-state index contributed by atoms with van der Waals surface area (Å²) in [5, 5.41) is 11.7. The minimum Gasteiger partial charge on any atom is -0.481 e. The highest BCUT2D eigenvalue weighted by molar-refractivity contribution is 5.71. The molecular weight excluding hydrogens is 230 g/mol. The van der Waals surface area contributed by atoms with Gasteiger partial charge in [-0.05, 0) is 29.8 Å². The summed E-state index contributed by atoms with van der Waals surface area (Å²) in [5.41, 5.74) is 7.89. The molecule has 2 aromatic rings. The average Bonchev–Trinajstić information content (AvgIpc) is 2.34. The highest BCUT2D eigenvalue weighted by Crippen LogP contribution is 2.20. The van der Waals surface area contributed by atoms with Gasteiger partial charge in [0.15, 0.2) is 5.82 Å². The van der Waals surface area contributed by atoms with Crippen molar-refractivity contribution >= 4 is 23.2 Å². The molecule has 0 aliphatic rings. The Morgan fingerprint density at radius 3 is 2.61 bits per heavy atom. The Labute approximate surface area is 104 Å². The molecule has 0 spiro atoms. The molecule has 0 saturated heterocycles. The summed E-state index contributed by atoms with van der Waals surface area (Å²) in [7, 11) is 0. The molecule has 92 valence electrons. The van der Waals surface area contributed by atoms with E-state index < -0.39 is 5.97 Å². The molecule has 1 heterocycles. The number of nitrogen functional groups attached to an aromatic ring is 1. The van der Waals surface area contributed by atoms with Crippen LogP contribution in [0.3, 0.4) is 0 Å². The summed E-state index contributed by atoms with van der Waals surface area (Å²) < 4.78 is 0. The van der Waals surface area contributed by atoms with Crippen molar-refractivity contribution < 1.29 is 9.90 Å². The molecule has 0 radical (unpaired) electrons. The Morgan fingerprint density at radius 1 is 1.28 bits per heavy atom. The van der Waals surface area contributed by atoms with Crippen LogP contribution in [0.15, 0.2) is 42.6 Å². The normalized spacial score (nSPS) is 10.0. The maximum absolute atomic E-state index is 10.5. The first-order valence-electron chi connectivity index (χ1n) is 5.43. The van der Waals surface area contributed by atoms with Crippen LogP contribution in [0.4, 0.5) is 17.2 Å². The van der Waals surface area contributed by atoms with Crippen LogP contribution in [-0.2, 0) is 11.2 Å². The fourth-order valence-corrected chi connectivity index (χ4v) is 1.54. The highest BCUT2D eigenvalue weighted by Gasteiger charge is 2.02. The number of nitrogens with one attached hydrogen (secondary N) is 1. The number of nitrogens with two attached hydrogens (primary N) is 1. The first-order chi connectivity index (χ1) is 8.65. The third-order valence-corrected chi connectivity index (χ3v) is 2.41. The molecule has 0 saturated carbocycles. The Kier molecular flexibility index (Phi) is 3.43. The smallest absolute Gasteiger partial charge is 0.307 e. The molecular formula is C13H13N3O2. The van der Waals surface area contributed by atoms with E-state index in [2.05, 4.69) is 10.3 Å². The lowest BCUT2D eigenvalue weighted by atomic mass is 10.1. The van der Waals surface area contributed by atoms with Crippen molar-refractivity contribution in [1.82, 2.24) is 4.98 Å². The second-order valence-electron chi connectivity index (χ2n) is 3.83. The van der Waals surface area contributed by atoms with E-state index in [0.717, 1.165) is 11.3 Å². The molecule has 0 fully saturated rings. The fraction of sp³-hybridized carbons (Fsp3) is 0.0769. The summed E-state index contributed by atoms with van der Waals surface area (Å²) in [5.74, 6) is -0.256. The number of nitrogens with zero attached hydrogens (tertiary/aromatic N) is 1. The maximum Gasteiger partial charge on any atom is 0.307 e. The van der Waals surface area contributed by atoms with Crippen molar-refractivity contribution in [3.05, 3.63) is 48.2 Å². The lowest BCUT2D eigenvalue weighted by molar-refractivity contribution is -0.136. The molecule has 5 heteroatoms. The van der Waals surface area contributed by atoms with E-state index in [-0.39, 0.29) is 6.42 Å². The molecule has 18 heavy (non-hydrogen) atoms. The minimum atomic E-state index is -0.843. The van der Waals surface area contributed by atoms with Gasteiger partial charge in [-0.1, -0.05) is 12.1 Å². The van der Waals surface area contributed by atoms with Crippen molar-refractivity contribution in [2.45, 2.75) is 6.42 Å². The van der Waals surface area contributed by atoms with Crippen LogP contribution in [0.1, 0.15) is 5.56 Å². The number of carboxylic acid groups (broad SMARTS) is 1. The Hall–Kier alpha value is -2.56. The van der Waals surface area contributed by atoms with Gasteiger partial charge >= 0.3 is 5.97 Å². The van der Waals surface area contributed by atoms with Crippen LogP contribution < -0.4 is 11.1 Å². The van der Waals surface area contributed by atoms with E-state index in [9.17, 15) is 4.79 Å². The van der Waals surface area contributed by atoms with Gasteiger partial charge in [0, 0.05) is 11.9 Å². The second kappa shape index (κ2) is 5.18. The van der Waals surface area contributed by atoms with Crippen LogP contribution >= 0.6 is 0 Å². The predicted octanol–water partition coefficient (Wildman–Crippen LogP) is 2.03. The van der Waals surface area contributed by atoms with Crippen LogP contribution in [0.25, 0.3) is 0 Å². The number of hydrogen-bond acceptors (Lipinski definition) is 4. The van der Waals surface area contributed by atoms with Crippen molar-refractivity contribution in [2.75, 3.05) is 11.1 Å². The predicted molar refractivity (Wildman–Crippen MR) is 69.7 cm³/mol. The lowest BCUT2D eigenvalue weighted by Crippen LogP contribution is -2.01. The van der Waals surface area contributed by atoms with E-state index in [4.69, 9.17) is 10.8 Å². The quantitative estimate of drug-likeness (QED) is 0.764. The second-order valence-corrected chi connectivity index (χ2v) is 3.83. The topological polar surface area (TPSA) is 88.2 Å². The number of pyridine rings is 1. The molecule has 0 atom stereocenters. The minimum absolute atomic E-state index is 0.0198. The van der Waals surface area contributed by atoms with Crippen molar-refractivity contribution in [1.29, 1.82) is 0 Å². The van der Waals surface area contributed by atoms with Crippen LogP contribution in [0.2, 0.25) is 0 Å². The summed E-state index contributed by atoms with van der Waals surface area (Å²) in [6, 6.07) is 10.6. The lowest BCUT2D eigenvalue weighted by Gasteiger charge is -2.08. The molecule has 4 N–H and O–H groups in total. The van der Waals surface area contributed by atoms with E-state index in [1.165, 1.54) is 0 Å².